The van der Waals surface area contributed by atoms with Gasteiger partial charge in [-0.25, -0.2) is 0 Å². The Hall–Kier alpha value is -1.56. The van der Waals surface area contributed by atoms with Crippen LogP contribution in [0.2, 0.25) is 0 Å². The summed E-state index contributed by atoms with van der Waals surface area (Å²) in [4.78, 5) is 11.1. The Bertz CT molecular complexity index is 352. The zero-order chi connectivity index (χ0) is 11.4. The molecule has 0 aliphatic heterocycles. The van der Waals surface area contributed by atoms with E-state index in [9.17, 15) is 4.79 Å². The molecule has 2 N–H and O–H groups in total. The van der Waals surface area contributed by atoms with Crippen molar-refractivity contribution in [1.29, 1.82) is 0 Å². The van der Waals surface area contributed by atoms with Gasteiger partial charge in [-0.3, -0.25) is 4.79 Å². The summed E-state index contributed by atoms with van der Waals surface area (Å²) >= 11 is 0. The standard InChI is InChI=1S/C9H14N4O2/c1-5(2)7-4-8(12-13-11-7)10-9(15)6(3)14/h4-6,14H,1-3H3,(H,10,11,12,15). The van der Waals surface area contributed by atoms with Gasteiger partial charge >= 0.3 is 0 Å². The number of aromatic nitrogens is 3. The summed E-state index contributed by atoms with van der Waals surface area (Å²) in [6.07, 6.45) is -1.07. The number of amides is 1. The monoisotopic (exact) mass is 210 g/mol. The van der Waals surface area contributed by atoms with Crippen LogP contribution in [0.1, 0.15) is 32.4 Å². The maximum absolute atomic E-state index is 11.1. The normalized spacial score (nSPS) is 12.6. The number of hydrogen-bond acceptors (Lipinski definition) is 5. The Labute approximate surface area is 87.7 Å². The fourth-order valence-corrected chi connectivity index (χ4v) is 0.894. The van der Waals surface area contributed by atoms with Gasteiger partial charge in [0.1, 0.15) is 6.10 Å². The Balaban J connectivity index is 2.78. The van der Waals surface area contributed by atoms with Crippen LogP contribution in [0.5, 0.6) is 0 Å². The van der Waals surface area contributed by atoms with Gasteiger partial charge in [0.15, 0.2) is 5.82 Å². The average molecular weight is 210 g/mol. The van der Waals surface area contributed by atoms with Crippen molar-refractivity contribution in [2.24, 2.45) is 0 Å². The van der Waals surface area contributed by atoms with E-state index >= 15 is 0 Å². The smallest absolute Gasteiger partial charge is 0.254 e. The lowest BCUT2D eigenvalue weighted by molar-refractivity contribution is -0.123. The first-order valence-corrected chi connectivity index (χ1v) is 4.70. The van der Waals surface area contributed by atoms with E-state index in [1.165, 1.54) is 6.92 Å². The second-order valence-corrected chi connectivity index (χ2v) is 3.56. The molecule has 0 fully saturated rings. The van der Waals surface area contributed by atoms with Crippen molar-refractivity contribution in [3.8, 4) is 0 Å². The first-order chi connectivity index (χ1) is 7.00. The lowest BCUT2D eigenvalue weighted by Gasteiger charge is -2.07. The summed E-state index contributed by atoms with van der Waals surface area (Å²) in [6.45, 7) is 5.31. The Kier molecular flexibility index (Phi) is 3.68. The maximum atomic E-state index is 11.1. The average Bonchev–Trinajstić information content (AvgIpc) is 2.18. The Morgan fingerprint density at radius 1 is 1.40 bits per heavy atom. The number of nitrogens with one attached hydrogen (secondary N) is 1. The number of hydrogen-bond donors (Lipinski definition) is 2. The molecule has 0 saturated carbocycles. The molecule has 0 radical (unpaired) electrons. The number of aliphatic hydroxyl groups excluding tert-OH is 1. The third kappa shape index (κ3) is 3.25. The minimum atomic E-state index is -1.07. The minimum Gasteiger partial charge on any atom is -0.384 e. The second-order valence-electron chi connectivity index (χ2n) is 3.56. The molecular formula is C9H14N4O2. The van der Waals surface area contributed by atoms with Gasteiger partial charge in [-0.05, 0) is 18.1 Å². The van der Waals surface area contributed by atoms with Crippen molar-refractivity contribution >= 4 is 11.7 Å². The molecule has 0 saturated heterocycles. The SMILES string of the molecule is CC(O)C(=O)Nc1cc(C(C)C)nnn1. The van der Waals surface area contributed by atoms with Gasteiger partial charge in [0.05, 0.1) is 5.69 Å². The largest absolute Gasteiger partial charge is 0.384 e. The highest BCUT2D eigenvalue weighted by Crippen LogP contribution is 2.12. The molecule has 15 heavy (non-hydrogen) atoms. The molecule has 6 heteroatoms. The fourth-order valence-electron chi connectivity index (χ4n) is 0.894. The highest BCUT2D eigenvalue weighted by Gasteiger charge is 2.11. The molecular weight excluding hydrogens is 196 g/mol. The van der Waals surface area contributed by atoms with E-state index in [1.54, 1.807) is 6.07 Å². The van der Waals surface area contributed by atoms with Crippen molar-refractivity contribution in [3.05, 3.63) is 11.8 Å². The lowest BCUT2D eigenvalue weighted by atomic mass is 10.1. The van der Waals surface area contributed by atoms with E-state index in [1.807, 2.05) is 13.8 Å². The zero-order valence-corrected chi connectivity index (χ0v) is 8.93. The highest BCUT2D eigenvalue weighted by molar-refractivity contribution is 5.92. The molecule has 1 unspecified atom stereocenters. The van der Waals surface area contributed by atoms with E-state index in [4.69, 9.17) is 5.11 Å². The maximum Gasteiger partial charge on any atom is 0.254 e. The minimum absolute atomic E-state index is 0.211. The summed E-state index contributed by atoms with van der Waals surface area (Å²) in [6, 6.07) is 1.64. The van der Waals surface area contributed by atoms with Crippen molar-refractivity contribution in [1.82, 2.24) is 15.4 Å². The molecule has 0 spiro atoms. The van der Waals surface area contributed by atoms with Crippen LogP contribution >= 0.6 is 0 Å². The predicted molar refractivity (Wildman–Crippen MR) is 54.2 cm³/mol. The quantitative estimate of drug-likeness (QED) is 0.749. The van der Waals surface area contributed by atoms with Gasteiger partial charge in [0, 0.05) is 6.07 Å². The molecule has 1 heterocycles. The van der Waals surface area contributed by atoms with Gasteiger partial charge in [0.25, 0.3) is 5.91 Å². The molecule has 0 aliphatic carbocycles. The van der Waals surface area contributed by atoms with Crippen LogP contribution in [0, 0.1) is 0 Å². The first kappa shape index (κ1) is 11.5. The third-order valence-corrected chi connectivity index (χ3v) is 1.82. The van der Waals surface area contributed by atoms with E-state index in [2.05, 4.69) is 20.7 Å². The summed E-state index contributed by atoms with van der Waals surface area (Å²) in [5.41, 5.74) is 0.742. The van der Waals surface area contributed by atoms with Gasteiger partial charge in [-0.15, -0.1) is 10.2 Å². The van der Waals surface area contributed by atoms with Crippen molar-refractivity contribution in [2.75, 3.05) is 5.32 Å². The molecule has 1 aromatic heterocycles. The molecule has 1 atom stereocenters. The van der Waals surface area contributed by atoms with E-state index < -0.39 is 12.0 Å². The highest BCUT2D eigenvalue weighted by atomic mass is 16.3. The summed E-state index contributed by atoms with van der Waals surface area (Å²) in [7, 11) is 0. The Morgan fingerprint density at radius 3 is 2.60 bits per heavy atom. The van der Waals surface area contributed by atoms with Crippen LogP contribution in [0.3, 0.4) is 0 Å². The van der Waals surface area contributed by atoms with Crippen LogP contribution in [0.15, 0.2) is 6.07 Å². The van der Waals surface area contributed by atoms with Crippen LogP contribution in [-0.2, 0) is 4.79 Å². The van der Waals surface area contributed by atoms with Crippen LogP contribution in [-0.4, -0.2) is 32.5 Å². The predicted octanol–water partition coefficient (Wildman–Crippen LogP) is 0.314. The number of rotatable bonds is 3. The van der Waals surface area contributed by atoms with Gasteiger partial charge < -0.3 is 10.4 Å². The number of carbonyl (C=O) groups excluding carboxylic acids is 1. The molecule has 1 amide bonds. The fraction of sp³-hybridized carbons (Fsp3) is 0.556. The van der Waals surface area contributed by atoms with Gasteiger partial charge in [0.2, 0.25) is 0 Å². The van der Waals surface area contributed by atoms with E-state index in [0.717, 1.165) is 5.69 Å². The Morgan fingerprint density at radius 2 is 2.07 bits per heavy atom. The van der Waals surface area contributed by atoms with Crippen molar-refractivity contribution in [3.63, 3.8) is 0 Å². The molecule has 0 bridgehead atoms. The van der Waals surface area contributed by atoms with E-state index in [-0.39, 0.29) is 5.92 Å². The summed E-state index contributed by atoms with van der Waals surface area (Å²) < 4.78 is 0. The molecule has 1 aromatic rings. The van der Waals surface area contributed by atoms with Gasteiger partial charge in [-0.2, -0.15) is 0 Å². The topological polar surface area (TPSA) is 88.0 Å². The van der Waals surface area contributed by atoms with E-state index in [0.29, 0.717) is 5.82 Å². The van der Waals surface area contributed by atoms with Crippen LogP contribution in [0.25, 0.3) is 0 Å². The van der Waals surface area contributed by atoms with Crippen molar-refractivity contribution in [2.45, 2.75) is 32.8 Å². The zero-order valence-electron chi connectivity index (χ0n) is 8.93. The number of anilines is 1. The van der Waals surface area contributed by atoms with Crippen LogP contribution in [0.4, 0.5) is 5.82 Å². The number of carbonyl (C=O) groups is 1. The first-order valence-electron chi connectivity index (χ1n) is 4.70. The lowest BCUT2D eigenvalue weighted by Crippen LogP contribution is -2.25. The van der Waals surface area contributed by atoms with Crippen LogP contribution < -0.4 is 5.32 Å². The third-order valence-electron chi connectivity index (χ3n) is 1.82. The summed E-state index contributed by atoms with van der Waals surface area (Å²) in [5.74, 6) is 0.00695. The molecule has 1 rings (SSSR count). The number of nitrogens with zero attached hydrogens (tertiary/aromatic N) is 3. The van der Waals surface area contributed by atoms with Crippen molar-refractivity contribution < 1.29 is 9.90 Å². The molecule has 82 valence electrons. The summed E-state index contributed by atoms with van der Waals surface area (Å²) in [5, 5.41) is 22.4. The second kappa shape index (κ2) is 4.79. The van der Waals surface area contributed by atoms with Gasteiger partial charge in [-0.1, -0.05) is 13.8 Å². The molecule has 6 nitrogen and oxygen atoms in total. The molecule has 0 aromatic carbocycles. The number of aliphatic hydroxyl groups is 1. The molecule has 0 aliphatic rings.